The van der Waals surface area contributed by atoms with Crippen molar-refractivity contribution in [3.8, 4) is 22.5 Å². The predicted octanol–water partition coefficient (Wildman–Crippen LogP) is 4.42. The molecule has 12 nitrogen and oxygen atoms in total. The van der Waals surface area contributed by atoms with Gasteiger partial charge in [0.1, 0.15) is 17.2 Å². The first-order chi connectivity index (χ1) is 21.9. The molecule has 234 valence electrons. The number of amides is 1. The molecular weight excluding hydrogens is 610 g/mol. The number of nitrogens with one attached hydrogen (secondary N) is 2. The largest absolute Gasteiger partial charge is 0.437 e. The normalized spacial score (nSPS) is 11.8. The molecule has 0 bridgehead atoms. The zero-order chi connectivity index (χ0) is 32.7. The summed E-state index contributed by atoms with van der Waals surface area (Å²) >= 11 is 0. The number of pyridine rings is 1. The van der Waals surface area contributed by atoms with Gasteiger partial charge in [0.2, 0.25) is 0 Å². The molecule has 0 spiro atoms. The number of aromatic amines is 1. The number of nitrogens with zero attached hydrogens (tertiary/aromatic N) is 7. The molecule has 0 radical (unpaired) electrons. The van der Waals surface area contributed by atoms with E-state index >= 15 is 4.39 Å². The van der Waals surface area contributed by atoms with Crippen molar-refractivity contribution in [2.75, 3.05) is 19.4 Å². The molecule has 0 atom stereocenters. The molecule has 0 aliphatic rings. The minimum absolute atomic E-state index is 0.0349. The molecular formula is C30H23F4N9O3. The van der Waals surface area contributed by atoms with Crippen LogP contribution in [0, 0.1) is 5.82 Å². The lowest BCUT2D eigenvalue weighted by molar-refractivity contribution is -0.140. The van der Waals surface area contributed by atoms with E-state index in [9.17, 15) is 27.6 Å². The summed E-state index contributed by atoms with van der Waals surface area (Å²) < 4.78 is 59.6. The lowest BCUT2D eigenvalue weighted by Gasteiger charge is -2.13. The van der Waals surface area contributed by atoms with E-state index < -0.39 is 46.0 Å². The van der Waals surface area contributed by atoms with Crippen LogP contribution in [-0.2, 0) is 12.7 Å². The van der Waals surface area contributed by atoms with Crippen LogP contribution in [-0.4, -0.2) is 58.9 Å². The molecule has 2 N–H and O–H groups in total. The molecule has 16 heteroatoms. The number of benzene rings is 2. The molecule has 0 saturated carbocycles. The average Bonchev–Trinajstić information content (AvgIpc) is 3.63. The van der Waals surface area contributed by atoms with Gasteiger partial charge >= 0.3 is 17.9 Å². The molecule has 6 aromatic rings. The minimum atomic E-state index is -5.07. The maximum absolute atomic E-state index is 15.2. The molecule has 0 unspecified atom stereocenters. The molecule has 0 aliphatic carbocycles. The Kier molecular flexibility index (Phi) is 7.57. The van der Waals surface area contributed by atoms with Crippen molar-refractivity contribution in [2.45, 2.75) is 12.7 Å². The van der Waals surface area contributed by atoms with E-state index in [1.165, 1.54) is 30.3 Å². The van der Waals surface area contributed by atoms with Crippen LogP contribution >= 0.6 is 0 Å². The zero-order valence-electron chi connectivity index (χ0n) is 24.1. The third-order valence-electron chi connectivity index (χ3n) is 6.93. The summed E-state index contributed by atoms with van der Waals surface area (Å²) in [5, 5.41) is 5.77. The molecule has 0 saturated heterocycles. The minimum Gasteiger partial charge on any atom is -0.304 e. The van der Waals surface area contributed by atoms with Crippen molar-refractivity contribution in [1.29, 1.82) is 0 Å². The monoisotopic (exact) mass is 633 g/mol. The number of carbonyl (C=O) groups is 1. The first-order valence-corrected chi connectivity index (χ1v) is 13.6. The number of anilines is 1. The van der Waals surface area contributed by atoms with Crippen molar-refractivity contribution in [1.82, 2.24) is 38.8 Å². The van der Waals surface area contributed by atoms with Crippen LogP contribution in [0.2, 0.25) is 0 Å². The topological polar surface area (TPSA) is 136 Å². The third-order valence-corrected chi connectivity index (χ3v) is 6.93. The molecule has 46 heavy (non-hydrogen) atoms. The maximum atomic E-state index is 15.2. The Hall–Kier alpha value is -5.90. The smallest absolute Gasteiger partial charge is 0.304 e. The molecule has 2 aromatic carbocycles. The van der Waals surface area contributed by atoms with Gasteiger partial charge in [-0.1, -0.05) is 18.2 Å². The van der Waals surface area contributed by atoms with Crippen LogP contribution in [0.25, 0.3) is 33.5 Å². The summed E-state index contributed by atoms with van der Waals surface area (Å²) in [4.78, 5) is 51.9. The number of hydrogen-bond acceptors (Lipinski definition) is 7. The van der Waals surface area contributed by atoms with Gasteiger partial charge in [0.05, 0.1) is 17.9 Å². The van der Waals surface area contributed by atoms with Crippen molar-refractivity contribution < 1.29 is 22.4 Å². The summed E-state index contributed by atoms with van der Waals surface area (Å²) in [6.45, 7) is 0.460. The van der Waals surface area contributed by atoms with Crippen LogP contribution < -0.4 is 16.6 Å². The van der Waals surface area contributed by atoms with Gasteiger partial charge in [0, 0.05) is 42.1 Å². The fourth-order valence-electron chi connectivity index (χ4n) is 4.91. The second kappa shape index (κ2) is 11.6. The Balaban J connectivity index is 1.42. The van der Waals surface area contributed by atoms with Crippen LogP contribution in [0.3, 0.4) is 0 Å². The SMILES string of the molecule is CN(C)Cc1nccn1-c1ccc(NC(=O)n2c(=O)[nH]c3c(C(F)(F)F)nn(-c4cccc(-c5cccnc5)c4)c3c2=O)c(F)c1. The highest BCUT2D eigenvalue weighted by molar-refractivity contribution is 5.92. The predicted molar refractivity (Wildman–Crippen MR) is 160 cm³/mol. The first kappa shape index (κ1) is 30.1. The average molecular weight is 634 g/mol. The highest BCUT2D eigenvalue weighted by Crippen LogP contribution is 2.33. The zero-order valence-corrected chi connectivity index (χ0v) is 24.1. The van der Waals surface area contributed by atoms with Crippen LogP contribution in [0.15, 0.2) is 89.0 Å². The summed E-state index contributed by atoms with van der Waals surface area (Å²) in [5.41, 5.74) is -4.84. The quantitative estimate of drug-likeness (QED) is 0.259. The van der Waals surface area contributed by atoms with Gasteiger partial charge in [-0.25, -0.2) is 23.6 Å². The number of fused-ring (bicyclic) bond motifs is 1. The number of imidazole rings is 1. The first-order valence-electron chi connectivity index (χ1n) is 13.6. The Morgan fingerprint density at radius 3 is 2.48 bits per heavy atom. The van der Waals surface area contributed by atoms with Crippen molar-refractivity contribution in [2.24, 2.45) is 0 Å². The number of rotatable bonds is 6. The van der Waals surface area contributed by atoms with Gasteiger partial charge in [-0.2, -0.15) is 22.8 Å². The highest BCUT2D eigenvalue weighted by Gasteiger charge is 2.39. The second-order valence-electron chi connectivity index (χ2n) is 10.4. The van der Waals surface area contributed by atoms with Crippen molar-refractivity contribution >= 4 is 22.8 Å². The standard InChI is InChI=1S/C30H23F4N9O3/c1-40(2)16-23-36-11-12-41(23)19-8-9-22(21(31)14-19)37-28(45)42-27(44)25-24(38-29(42)46)26(30(32,33)34)39-43(25)20-7-3-5-17(13-20)18-6-4-10-35-15-18/h3-15H,16H2,1-2H3,(H,37,45)(H,38,46). The molecule has 1 amide bonds. The summed E-state index contributed by atoms with van der Waals surface area (Å²) in [7, 11) is 3.69. The number of alkyl halides is 3. The van der Waals surface area contributed by atoms with E-state index in [1.54, 1.807) is 47.6 Å². The van der Waals surface area contributed by atoms with Crippen molar-refractivity contribution in [3.63, 3.8) is 0 Å². The Labute approximate surface area is 256 Å². The van der Waals surface area contributed by atoms with E-state index in [-0.39, 0.29) is 15.9 Å². The number of H-pyrrole nitrogens is 1. The van der Waals surface area contributed by atoms with E-state index in [4.69, 9.17) is 0 Å². The fourth-order valence-corrected chi connectivity index (χ4v) is 4.91. The fraction of sp³-hybridized carbons (Fsp3) is 0.133. The van der Waals surface area contributed by atoms with Gasteiger partial charge < -0.3 is 19.8 Å². The molecule has 4 aromatic heterocycles. The summed E-state index contributed by atoms with van der Waals surface area (Å²) in [6, 6.07) is 11.9. The van der Waals surface area contributed by atoms with Crippen molar-refractivity contribution in [3.05, 3.63) is 118 Å². The van der Waals surface area contributed by atoms with Crippen LogP contribution in [0.5, 0.6) is 0 Å². The number of aromatic nitrogens is 7. The number of halogens is 4. The molecule has 0 fully saturated rings. The molecule has 4 heterocycles. The Morgan fingerprint density at radius 2 is 1.78 bits per heavy atom. The van der Waals surface area contributed by atoms with E-state index in [0.29, 0.717) is 33.9 Å². The van der Waals surface area contributed by atoms with Crippen LogP contribution in [0.1, 0.15) is 11.5 Å². The summed E-state index contributed by atoms with van der Waals surface area (Å²) in [5.74, 6) is -0.286. The van der Waals surface area contributed by atoms with Gasteiger partial charge in [0.15, 0.2) is 11.2 Å². The van der Waals surface area contributed by atoms with E-state index in [1.807, 2.05) is 24.0 Å². The molecule has 6 rings (SSSR count). The Morgan fingerprint density at radius 1 is 1.00 bits per heavy atom. The summed E-state index contributed by atoms with van der Waals surface area (Å²) in [6.07, 6.45) is 1.20. The van der Waals surface area contributed by atoms with Gasteiger partial charge in [0.25, 0.3) is 5.56 Å². The van der Waals surface area contributed by atoms with Gasteiger partial charge in [-0.15, -0.1) is 0 Å². The van der Waals surface area contributed by atoms with Crippen LogP contribution in [0.4, 0.5) is 28.0 Å². The third kappa shape index (κ3) is 5.56. The lowest BCUT2D eigenvalue weighted by Crippen LogP contribution is -2.42. The van der Waals surface area contributed by atoms with Gasteiger partial charge in [-0.05, 0) is 50.0 Å². The maximum Gasteiger partial charge on any atom is 0.437 e. The lowest BCUT2D eigenvalue weighted by atomic mass is 10.1. The second-order valence-corrected chi connectivity index (χ2v) is 10.4. The van der Waals surface area contributed by atoms with Gasteiger partial charge in [-0.3, -0.25) is 9.78 Å². The number of carbonyl (C=O) groups excluding carboxylic acids is 1. The van der Waals surface area contributed by atoms with E-state index in [2.05, 4.69) is 20.4 Å². The highest BCUT2D eigenvalue weighted by atomic mass is 19.4. The number of hydrogen-bond donors (Lipinski definition) is 2. The molecule has 0 aliphatic heterocycles. The van der Waals surface area contributed by atoms with E-state index in [0.717, 1.165) is 6.07 Å². The Bertz CT molecular complexity index is 2220.